The van der Waals surface area contributed by atoms with E-state index >= 15 is 0 Å². The summed E-state index contributed by atoms with van der Waals surface area (Å²) in [6.07, 6.45) is -0.295. The van der Waals surface area contributed by atoms with Gasteiger partial charge >= 0.3 is 6.09 Å². The molecule has 6 saturated carbocycles. The standard InChI is InChI=1S/C15H22N2O2/c1-14(2,3)19-13(18)17-5(4-16)15-10-7-6-8(10)12(15)9(6)11(7)15/h5-12H,4,16H2,1-3H3,(H,17,18). The molecule has 0 bridgehead atoms. The number of carbonyl (C=O) groups is 1. The van der Waals surface area contributed by atoms with E-state index in [2.05, 4.69) is 5.32 Å². The van der Waals surface area contributed by atoms with Crippen LogP contribution in [0.2, 0.25) is 0 Å². The first-order valence-corrected chi connectivity index (χ1v) is 7.62. The zero-order valence-corrected chi connectivity index (χ0v) is 11.7. The van der Waals surface area contributed by atoms with E-state index in [1.54, 1.807) is 0 Å². The molecule has 4 nitrogen and oxygen atoms in total. The molecule has 0 heterocycles. The summed E-state index contributed by atoms with van der Waals surface area (Å²) in [4.78, 5) is 12.0. The van der Waals surface area contributed by atoms with Gasteiger partial charge in [0.15, 0.2) is 0 Å². The third kappa shape index (κ3) is 0.810. The molecule has 6 fully saturated rings. The van der Waals surface area contributed by atoms with Crippen LogP contribution in [-0.4, -0.2) is 24.3 Å². The van der Waals surface area contributed by atoms with Crippen LogP contribution in [0.15, 0.2) is 0 Å². The summed E-state index contributed by atoms with van der Waals surface area (Å²) in [5.41, 5.74) is 5.93. The molecule has 0 aliphatic heterocycles. The van der Waals surface area contributed by atoms with E-state index < -0.39 is 5.60 Å². The van der Waals surface area contributed by atoms with Crippen LogP contribution in [0.1, 0.15) is 20.8 Å². The van der Waals surface area contributed by atoms with Gasteiger partial charge in [-0.15, -0.1) is 0 Å². The molecule has 6 aliphatic carbocycles. The van der Waals surface area contributed by atoms with Crippen LogP contribution in [0.25, 0.3) is 0 Å². The summed E-state index contributed by atoms with van der Waals surface area (Å²) >= 11 is 0. The monoisotopic (exact) mass is 262 g/mol. The van der Waals surface area contributed by atoms with Gasteiger partial charge in [-0.25, -0.2) is 4.79 Å². The van der Waals surface area contributed by atoms with Crippen molar-refractivity contribution < 1.29 is 9.53 Å². The van der Waals surface area contributed by atoms with E-state index in [1.165, 1.54) is 0 Å². The summed E-state index contributed by atoms with van der Waals surface area (Å²) in [7, 11) is 0. The molecule has 19 heavy (non-hydrogen) atoms. The fourth-order valence-corrected chi connectivity index (χ4v) is 7.06. The number of alkyl carbamates (subject to hydrolysis) is 1. The number of rotatable bonds is 3. The summed E-state index contributed by atoms with van der Waals surface area (Å²) in [6.45, 7) is 6.25. The van der Waals surface area contributed by atoms with Gasteiger partial charge in [0.05, 0.1) is 6.04 Å². The molecule has 0 aromatic carbocycles. The highest BCUT2D eigenvalue weighted by Gasteiger charge is 3.05. The molecule has 104 valence electrons. The third-order valence-corrected chi connectivity index (χ3v) is 7.08. The second-order valence-electron chi connectivity index (χ2n) is 8.32. The van der Waals surface area contributed by atoms with Crippen molar-refractivity contribution in [2.45, 2.75) is 32.4 Å². The number of ether oxygens (including phenoxy) is 1. The Bertz CT molecular complexity index is 444. The quantitative estimate of drug-likeness (QED) is 0.803. The molecule has 0 aromatic heterocycles. The first-order chi connectivity index (χ1) is 8.93. The van der Waals surface area contributed by atoms with Crippen LogP contribution in [0, 0.1) is 46.8 Å². The molecule has 3 N–H and O–H groups in total. The number of nitrogens with one attached hydrogen (secondary N) is 1. The van der Waals surface area contributed by atoms with Gasteiger partial charge < -0.3 is 15.8 Å². The first kappa shape index (κ1) is 11.0. The SMILES string of the molecule is CC(C)(C)OC(=O)NC(CN)C12C3C4C5C3C1C5C42. The summed E-state index contributed by atoms with van der Waals surface area (Å²) < 4.78 is 5.38. The molecule has 0 aromatic rings. The molecule has 1 atom stereocenters. The number of amides is 1. The molecule has 0 saturated heterocycles. The normalized spacial score (nSPS) is 58.4. The van der Waals surface area contributed by atoms with Gasteiger partial charge in [0, 0.05) is 12.0 Å². The van der Waals surface area contributed by atoms with Crippen LogP contribution in [0.3, 0.4) is 0 Å². The lowest BCUT2D eigenvalue weighted by molar-refractivity contribution is -0.618. The molecule has 4 heteroatoms. The number of hydrogen-bond acceptors (Lipinski definition) is 3. The van der Waals surface area contributed by atoms with Gasteiger partial charge in [0.1, 0.15) is 5.60 Å². The Labute approximate surface area is 113 Å². The lowest BCUT2D eigenvalue weighted by Gasteiger charge is -3.08. The lowest BCUT2D eigenvalue weighted by Crippen LogP contribution is -3.07. The highest BCUT2D eigenvalue weighted by Crippen LogP contribution is 3.06. The van der Waals surface area contributed by atoms with E-state index in [4.69, 9.17) is 10.5 Å². The van der Waals surface area contributed by atoms with Crippen molar-refractivity contribution >= 4 is 6.09 Å². The van der Waals surface area contributed by atoms with Gasteiger partial charge in [-0.3, -0.25) is 0 Å². The second-order valence-corrected chi connectivity index (χ2v) is 8.32. The van der Waals surface area contributed by atoms with E-state index in [1.807, 2.05) is 20.8 Å². The Hall–Kier alpha value is -0.770. The van der Waals surface area contributed by atoms with Crippen LogP contribution >= 0.6 is 0 Å². The first-order valence-electron chi connectivity index (χ1n) is 7.62. The third-order valence-electron chi connectivity index (χ3n) is 7.08. The van der Waals surface area contributed by atoms with Crippen molar-refractivity contribution in [1.29, 1.82) is 0 Å². The Balaban J connectivity index is 1.31. The molecule has 0 spiro atoms. The average Bonchev–Trinajstić information content (AvgIpc) is 2.34. The predicted octanol–water partition coefficient (Wildman–Crippen LogP) is 1.21. The van der Waals surface area contributed by atoms with Crippen molar-refractivity contribution in [3.63, 3.8) is 0 Å². The zero-order chi connectivity index (χ0) is 13.3. The fraction of sp³-hybridized carbons (Fsp3) is 0.933. The van der Waals surface area contributed by atoms with Gasteiger partial charge in [0.2, 0.25) is 0 Å². The van der Waals surface area contributed by atoms with Gasteiger partial charge in [-0.05, 0) is 62.2 Å². The molecule has 1 amide bonds. The second kappa shape index (κ2) is 2.67. The number of nitrogens with two attached hydrogens (primary N) is 1. The van der Waals surface area contributed by atoms with Crippen molar-refractivity contribution in [2.24, 2.45) is 52.6 Å². The van der Waals surface area contributed by atoms with E-state index in [9.17, 15) is 4.79 Å². The van der Waals surface area contributed by atoms with Gasteiger partial charge in [-0.1, -0.05) is 0 Å². The minimum atomic E-state index is -0.435. The van der Waals surface area contributed by atoms with Crippen LogP contribution in [0.4, 0.5) is 4.79 Å². The highest BCUT2D eigenvalue weighted by atomic mass is 16.6. The molecular formula is C15H22N2O2. The number of hydrogen-bond donors (Lipinski definition) is 2. The average molecular weight is 262 g/mol. The summed E-state index contributed by atoms with van der Waals surface area (Å²) in [5, 5.41) is 3.07. The smallest absolute Gasteiger partial charge is 0.407 e. The van der Waals surface area contributed by atoms with E-state index in [0.717, 1.165) is 41.4 Å². The zero-order valence-electron chi connectivity index (χ0n) is 11.7. The minimum Gasteiger partial charge on any atom is -0.444 e. The summed E-state index contributed by atoms with van der Waals surface area (Å²) in [5.74, 6) is 6.88. The minimum absolute atomic E-state index is 0.146. The van der Waals surface area contributed by atoms with Gasteiger partial charge in [0.25, 0.3) is 0 Å². The molecule has 1 unspecified atom stereocenters. The molecule has 6 rings (SSSR count). The van der Waals surface area contributed by atoms with Crippen molar-refractivity contribution in [2.75, 3.05) is 6.54 Å². The Morgan fingerprint density at radius 1 is 1.21 bits per heavy atom. The largest absolute Gasteiger partial charge is 0.444 e. The summed E-state index contributed by atoms with van der Waals surface area (Å²) in [6, 6.07) is 0.146. The Morgan fingerprint density at radius 2 is 1.74 bits per heavy atom. The molecular weight excluding hydrogens is 240 g/mol. The number of carbonyl (C=O) groups excluding carboxylic acids is 1. The fourth-order valence-electron chi connectivity index (χ4n) is 7.06. The van der Waals surface area contributed by atoms with Crippen LogP contribution in [0.5, 0.6) is 0 Å². The lowest BCUT2D eigenvalue weighted by atomic mass is 8.96. The maximum Gasteiger partial charge on any atom is 0.407 e. The van der Waals surface area contributed by atoms with Crippen molar-refractivity contribution in [1.82, 2.24) is 5.32 Å². The molecule has 0 radical (unpaired) electrons. The van der Waals surface area contributed by atoms with Crippen molar-refractivity contribution in [3.8, 4) is 0 Å². The van der Waals surface area contributed by atoms with Gasteiger partial charge in [-0.2, -0.15) is 0 Å². The topological polar surface area (TPSA) is 64.3 Å². The van der Waals surface area contributed by atoms with Crippen LogP contribution < -0.4 is 11.1 Å². The Morgan fingerprint density at radius 3 is 2.16 bits per heavy atom. The van der Waals surface area contributed by atoms with Crippen molar-refractivity contribution in [3.05, 3.63) is 0 Å². The highest BCUT2D eigenvalue weighted by molar-refractivity contribution is 5.69. The maximum absolute atomic E-state index is 12.0. The Kier molecular flexibility index (Phi) is 1.54. The maximum atomic E-state index is 12.0. The van der Waals surface area contributed by atoms with E-state index in [-0.39, 0.29) is 12.1 Å². The van der Waals surface area contributed by atoms with Crippen LogP contribution in [-0.2, 0) is 4.74 Å². The predicted molar refractivity (Wildman–Crippen MR) is 69.1 cm³/mol. The molecule has 6 aliphatic rings. The van der Waals surface area contributed by atoms with E-state index in [0.29, 0.717) is 12.0 Å².